The summed E-state index contributed by atoms with van der Waals surface area (Å²) in [6, 6.07) is 5.99. The Kier molecular flexibility index (Phi) is 5.54. The summed E-state index contributed by atoms with van der Waals surface area (Å²) in [5, 5.41) is 0. The number of ether oxygens (including phenoxy) is 2. The van der Waals surface area contributed by atoms with E-state index in [1.165, 1.54) is 12.8 Å². The Morgan fingerprint density at radius 1 is 1.17 bits per heavy atom. The third-order valence-electron chi connectivity index (χ3n) is 3.90. The van der Waals surface area contributed by atoms with E-state index >= 15 is 0 Å². The third kappa shape index (κ3) is 3.98. The Morgan fingerprint density at radius 3 is 2.57 bits per heavy atom. The lowest BCUT2D eigenvalue weighted by Crippen LogP contribution is -2.32. The molecule has 0 saturated heterocycles. The van der Waals surface area contributed by atoms with Crippen molar-refractivity contribution in [2.24, 2.45) is 21.5 Å². The number of benzene rings is 1. The fourth-order valence-corrected chi connectivity index (χ4v) is 2.71. The standard InChI is InChI=1S/C15H21N5O2.ClH/c1-20(11-6-7-12-13(8-11)22-9-21-12)15(19-14(16)17)18-10-4-2-3-5-10;/h6-8,10H,2-5,9H2,1H3,(H4,16,17,18,19);1H. The van der Waals surface area contributed by atoms with Crippen LogP contribution in [0.3, 0.4) is 0 Å². The van der Waals surface area contributed by atoms with Crippen LogP contribution in [0.15, 0.2) is 28.2 Å². The zero-order chi connectivity index (χ0) is 15.5. The molecule has 3 rings (SSSR count). The molecular formula is C15H22ClN5O2. The maximum absolute atomic E-state index is 5.55. The molecule has 2 aliphatic rings. The number of halogens is 1. The van der Waals surface area contributed by atoms with Crippen molar-refractivity contribution in [3.8, 4) is 11.5 Å². The highest BCUT2D eigenvalue weighted by Crippen LogP contribution is 2.35. The first kappa shape index (κ1) is 17.2. The van der Waals surface area contributed by atoms with Crippen molar-refractivity contribution in [1.29, 1.82) is 0 Å². The summed E-state index contributed by atoms with van der Waals surface area (Å²) in [5.41, 5.74) is 12.0. The molecule has 0 radical (unpaired) electrons. The first-order valence-corrected chi connectivity index (χ1v) is 7.44. The van der Waals surface area contributed by atoms with Gasteiger partial charge in [-0.1, -0.05) is 12.8 Å². The van der Waals surface area contributed by atoms with Gasteiger partial charge in [-0.05, 0) is 25.0 Å². The SMILES string of the molecule is CN(C(N=C(N)N)=NC1CCCC1)c1ccc2c(c1)OCO2.Cl. The van der Waals surface area contributed by atoms with Gasteiger partial charge in [0.1, 0.15) is 0 Å². The molecule has 0 unspecified atom stereocenters. The molecule has 1 aliphatic heterocycles. The summed E-state index contributed by atoms with van der Waals surface area (Å²) in [6.45, 7) is 0.249. The Morgan fingerprint density at radius 2 is 1.87 bits per heavy atom. The zero-order valence-electron chi connectivity index (χ0n) is 13.1. The third-order valence-corrected chi connectivity index (χ3v) is 3.90. The van der Waals surface area contributed by atoms with E-state index in [1.54, 1.807) is 0 Å². The van der Waals surface area contributed by atoms with E-state index in [4.69, 9.17) is 25.9 Å². The second-order valence-corrected chi connectivity index (χ2v) is 5.50. The number of guanidine groups is 2. The summed E-state index contributed by atoms with van der Waals surface area (Å²) in [6.07, 6.45) is 4.57. The van der Waals surface area contributed by atoms with Crippen LogP contribution in [-0.2, 0) is 0 Å². The molecule has 1 aliphatic carbocycles. The minimum absolute atomic E-state index is 0. The van der Waals surface area contributed by atoms with Crippen LogP contribution in [0.4, 0.5) is 5.69 Å². The fourth-order valence-electron chi connectivity index (χ4n) is 2.71. The number of anilines is 1. The van der Waals surface area contributed by atoms with Crippen LogP contribution in [0, 0.1) is 0 Å². The average molecular weight is 340 g/mol. The van der Waals surface area contributed by atoms with Crippen molar-refractivity contribution in [2.45, 2.75) is 31.7 Å². The van der Waals surface area contributed by atoms with Gasteiger partial charge in [-0.3, -0.25) is 0 Å². The normalized spacial score (nSPS) is 16.8. The number of nitrogens with zero attached hydrogens (tertiary/aromatic N) is 3. The second kappa shape index (κ2) is 7.41. The van der Waals surface area contributed by atoms with Gasteiger partial charge in [0, 0.05) is 18.8 Å². The van der Waals surface area contributed by atoms with Crippen molar-refractivity contribution in [3.05, 3.63) is 18.2 Å². The highest BCUT2D eigenvalue weighted by molar-refractivity contribution is 6.02. The predicted octanol–water partition coefficient (Wildman–Crippen LogP) is 1.85. The topological polar surface area (TPSA) is 98.5 Å². The number of aliphatic imine (C=N–C) groups is 2. The van der Waals surface area contributed by atoms with Gasteiger partial charge in [0.25, 0.3) is 0 Å². The lowest BCUT2D eigenvalue weighted by molar-refractivity contribution is 0.174. The highest BCUT2D eigenvalue weighted by atomic mass is 35.5. The van der Waals surface area contributed by atoms with Gasteiger partial charge >= 0.3 is 0 Å². The van der Waals surface area contributed by atoms with E-state index in [1.807, 2.05) is 30.1 Å². The van der Waals surface area contributed by atoms with E-state index < -0.39 is 0 Å². The summed E-state index contributed by atoms with van der Waals surface area (Å²) in [5.74, 6) is 1.98. The smallest absolute Gasteiger partial charge is 0.231 e. The van der Waals surface area contributed by atoms with Crippen LogP contribution in [0.5, 0.6) is 11.5 Å². The molecule has 0 atom stereocenters. The van der Waals surface area contributed by atoms with Crippen molar-refractivity contribution >= 4 is 30.0 Å². The molecule has 0 bridgehead atoms. The van der Waals surface area contributed by atoms with Gasteiger partial charge in [0.2, 0.25) is 12.8 Å². The van der Waals surface area contributed by atoms with Crippen molar-refractivity contribution in [2.75, 3.05) is 18.7 Å². The Labute approximate surface area is 141 Å². The van der Waals surface area contributed by atoms with Gasteiger partial charge in [0.15, 0.2) is 17.5 Å². The van der Waals surface area contributed by atoms with Crippen LogP contribution in [0.2, 0.25) is 0 Å². The number of hydrogen-bond acceptors (Lipinski definition) is 3. The molecule has 8 heteroatoms. The minimum Gasteiger partial charge on any atom is -0.454 e. The summed E-state index contributed by atoms with van der Waals surface area (Å²) < 4.78 is 10.7. The van der Waals surface area contributed by atoms with Gasteiger partial charge in [0.05, 0.1) is 6.04 Å². The second-order valence-electron chi connectivity index (χ2n) is 5.50. The molecule has 126 valence electrons. The van der Waals surface area contributed by atoms with E-state index in [2.05, 4.69) is 4.99 Å². The Bertz CT molecular complexity index is 610. The van der Waals surface area contributed by atoms with E-state index in [0.717, 1.165) is 24.3 Å². The summed E-state index contributed by atoms with van der Waals surface area (Å²) >= 11 is 0. The highest BCUT2D eigenvalue weighted by Gasteiger charge is 2.19. The van der Waals surface area contributed by atoms with Crippen molar-refractivity contribution < 1.29 is 9.47 Å². The van der Waals surface area contributed by atoms with Crippen LogP contribution >= 0.6 is 12.4 Å². The summed E-state index contributed by atoms with van der Waals surface area (Å²) in [7, 11) is 1.89. The molecule has 1 saturated carbocycles. The number of nitrogens with two attached hydrogens (primary N) is 2. The summed E-state index contributed by atoms with van der Waals surface area (Å²) in [4.78, 5) is 10.8. The van der Waals surface area contributed by atoms with E-state index in [9.17, 15) is 0 Å². The number of fused-ring (bicyclic) bond motifs is 1. The largest absolute Gasteiger partial charge is 0.454 e. The Hall–Kier alpha value is -2.15. The van der Waals surface area contributed by atoms with Crippen LogP contribution < -0.4 is 25.8 Å². The molecule has 1 aromatic rings. The molecule has 0 spiro atoms. The average Bonchev–Trinajstić information content (AvgIpc) is 3.15. The van der Waals surface area contributed by atoms with Gasteiger partial charge < -0.3 is 25.8 Å². The molecule has 0 aromatic heterocycles. The monoisotopic (exact) mass is 339 g/mol. The molecule has 7 nitrogen and oxygen atoms in total. The minimum atomic E-state index is 0. The van der Waals surface area contributed by atoms with Gasteiger partial charge in [-0.25, -0.2) is 4.99 Å². The van der Waals surface area contributed by atoms with Gasteiger partial charge in [-0.15, -0.1) is 12.4 Å². The zero-order valence-corrected chi connectivity index (χ0v) is 13.9. The quantitative estimate of drug-likeness (QED) is 0.633. The van der Waals surface area contributed by atoms with Gasteiger partial charge in [-0.2, -0.15) is 4.99 Å². The Balaban J connectivity index is 0.00000192. The van der Waals surface area contributed by atoms with Crippen molar-refractivity contribution in [3.63, 3.8) is 0 Å². The number of hydrogen-bond donors (Lipinski definition) is 2. The maximum Gasteiger partial charge on any atom is 0.231 e. The molecule has 1 heterocycles. The molecule has 23 heavy (non-hydrogen) atoms. The maximum atomic E-state index is 5.55. The molecular weight excluding hydrogens is 318 g/mol. The molecule has 1 aromatic carbocycles. The lowest BCUT2D eigenvalue weighted by atomic mass is 10.2. The van der Waals surface area contributed by atoms with Crippen molar-refractivity contribution in [1.82, 2.24) is 0 Å². The van der Waals surface area contributed by atoms with Crippen LogP contribution in [0.1, 0.15) is 25.7 Å². The first-order chi connectivity index (χ1) is 10.6. The molecule has 0 amide bonds. The van der Waals surface area contributed by atoms with E-state index in [0.29, 0.717) is 11.7 Å². The first-order valence-electron chi connectivity index (χ1n) is 7.44. The van der Waals surface area contributed by atoms with Crippen LogP contribution in [-0.4, -0.2) is 31.8 Å². The molecule has 4 N–H and O–H groups in total. The fraction of sp³-hybridized carbons (Fsp3) is 0.467. The predicted molar refractivity (Wildman–Crippen MR) is 93.7 cm³/mol. The molecule has 1 fully saturated rings. The lowest BCUT2D eigenvalue weighted by Gasteiger charge is -2.20. The van der Waals surface area contributed by atoms with Crippen LogP contribution in [0.25, 0.3) is 0 Å². The number of rotatable bonds is 2. The van der Waals surface area contributed by atoms with E-state index in [-0.39, 0.29) is 31.2 Å².